The van der Waals surface area contributed by atoms with E-state index in [0.717, 1.165) is 33.7 Å². The minimum absolute atomic E-state index is 0.0395. The number of carbonyl (C=O) groups is 1. The van der Waals surface area contributed by atoms with Gasteiger partial charge in [-0.15, -0.1) is 0 Å². The van der Waals surface area contributed by atoms with Gasteiger partial charge in [0.15, 0.2) is 6.61 Å². The molecule has 4 aromatic rings. The highest BCUT2D eigenvalue weighted by Gasteiger charge is 2.10. The summed E-state index contributed by atoms with van der Waals surface area (Å²) in [7, 11) is 0. The van der Waals surface area contributed by atoms with Crippen molar-refractivity contribution >= 4 is 17.2 Å². The van der Waals surface area contributed by atoms with E-state index < -0.39 is 0 Å². The maximum Gasteiger partial charge on any atom is 0.262 e. The highest BCUT2D eigenvalue weighted by Crippen LogP contribution is 2.25. The molecule has 0 fully saturated rings. The van der Waals surface area contributed by atoms with Gasteiger partial charge in [-0.2, -0.15) is 0 Å². The van der Waals surface area contributed by atoms with Crippen LogP contribution in [0.4, 0.5) is 5.69 Å². The highest BCUT2D eigenvalue weighted by atomic mass is 16.5. The Labute approximate surface area is 170 Å². The number of amides is 1. The Morgan fingerprint density at radius 1 is 1.03 bits per heavy atom. The number of aromatic nitrogens is 2. The second-order valence-corrected chi connectivity index (χ2v) is 7.23. The summed E-state index contributed by atoms with van der Waals surface area (Å²) in [5.41, 5.74) is 6.62. The van der Waals surface area contributed by atoms with Gasteiger partial charge in [0.2, 0.25) is 0 Å². The zero-order chi connectivity index (χ0) is 20.4. The van der Waals surface area contributed by atoms with Crippen LogP contribution in [-0.2, 0) is 4.79 Å². The minimum atomic E-state index is -0.195. The Kier molecular flexibility index (Phi) is 5.04. The molecule has 0 bridgehead atoms. The Balaban J connectivity index is 1.51. The van der Waals surface area contributed by atoms with Crippen LogP contribution in [0.15, 0.2) is 67.0 Å². The second-order valence-electron chi connectivity index (χ2n) is 7.23. The molecule has 146 valence electrons. The largest absolute Gasteiger partial charge is 0.483 e. The molecule has 1 N–H and O–H groups in total. The number of carbonyl (C=O) groups excluding carboxylic acids is 1. The van der Waals surface area contributed by atoms with Gasteiger partial charge in [-0.25, -0.2) is 4.98 Å². The minimum Gasteiger partial charge on any atom is -0.483 e. The molecule has 0 aliphatic rings. The molecule has 5 nitrogen and oxygen atoms in total. The van der Waals surface area contributed by atoms with Crippen LogP contribution in [0, 0.1) is 20.8 Å². The molecule has 2 aromatic carbocycles. The summed E-state index contributed by atoms with van der Waals surface area (Å²) in [5, 5.41) is 2.95. The van der Waals surface area contributed by atoms with Gasteiger partial charge >= 0.3 is 0 Å². The summed E-state index contributed by atoms with van der Waals surface area (Å²) < 4.78 is 7.65. The van der Waals surface area contributed by atoms with E-state index in [1.807, 2.05) is 92.2 Å². The molecule has 0 unspecified atom stereocenters. The predicted molar refractivity (Wildman–Crippen MR) is 115 cm³/mol. The number of hydrogen-bond acceptors (Lipinski definition) is 3. The van der Waals surface area contributed by atoms with E-state index >= 15 is 0 Å². The predicted octanol–water partition coefficient (Wildman–Crippen LogP) is 4.94. The number of imidazole rings is 1. The van der Waals surface area contributed by atoms with Crippen LogP contribution in [0.2, 0.25) is 0 Å². The SMILES string of the molecule is Cc1ccn2cc(-c3ccc(C)c(NC(=O)COc4ccccc4C)c3)nc2c1. The monoisotopic (exact) mass is 385 g/mol. The summed E-state index contributed by atoms with van der Waals surface area (Å²) in [6, 6.07) is 17.7. The smallest absolute Gasteiger partial charge is 0.262 e. The lowest BCUT2D eigenvalue weighted by Gasteiger charge is -2.12. The van der Waals surface area contributed by atoms with Crippen LogP contribution in [-0.4, -0.2) is 21.9 Å². The third kappa shape index (κ3) is 4.14. The molecule has 0 atom stereocenters. The molecule has 0 aliphatic heterocycles. The lowest BCUT2D eigenvalue weighted by atomic mass is 10.1. The molecule has 29 heavy (non-hydrogen) atoms. The van der Waals surface area contributed by atoms with E-state index in [-0.39, 0.29) is 12.5 Å². The first kappa shape index (κ1) is 18.7. The molecule has 0 spiro atoms. The van der Waals surface area contributed by atoms with E-state index in [9.17, 15) is 4.79 Å². The molecule has 0 radical (unpaired) electrons. The van der Waals surface area contributed by atoms with Gasteiger partial charge in [0.05, 0.1) is 5.69 Å². The quantitative estimate of drug-likeness (QED) is 0.529. The maximum atomic E-state index is 12.4. The number of nitrogens with zero attached hydrogens (tertiary/aromatic N) is 2. The molecule has 2 aromatic heterocycles. The Hall–Kier alpha value is -3.60. The third-order valence-corrected chi connectivity index (χ3v) is 4.88. The Morgan fingerprint density at radius 3 is 2.69 bits per heavy atom. The second kappa shape index (κ2) is 7.80. The summed E-state index contributed by atoms with van der Waals surface area (Å²) in [6.45, 7) is 5.93. The zero-order valence-corrected chi connectivity index (χ0v) is 16.8. The molecule has 0 saturated carbocycles. The van der Waals surface area contributed by atoms with Gasteiger partial charge in [0, 0.05) is 23.6 Å². The van der Waals surface area contributed by atoms with Crippen molar-refractivity contribution in [2.75, 3.05) is 11.9 Å². The van der Waals surface area contributed by atoms with E-state index in [0.29, 0.717) is 5.75 Å². The molecule has 0 aliphatic carbocycles. The molecule has 4 rings (SSSR count). The third-order valence-electron chi connectivity index (χ3n) is 4.88. The topological polar surface area (TPSA) is 55.6 Å². The van der Waals surface area contributed by atoms with Gasteiger partial charge < -0.3 is 14.5 Å². The fourth-order valence-corrected chi connectivity index (χ4v) is 3.19. The van der Waals surface area contributed by atoms with Gasteiger partial charge in [-0.1, -0.05) is 30.3 Å². The average Bonchev–Trinajstić information content (AvgIpc) is 3.12. The number of hydrogen-bond donors (Lipinski definition) is 1. The number of benzene rings is 2. The summed E-state index contributed by atoms with van der Waals surface area (Å²) >= 11 is 0. The standard InChI is InChI=1S/C24H23N3O2/c1-16-10-11-27-14-21(25-23(27)12-16)19-9-8-17(2)20(13-19)26-24(28)15-29-22-7-5-4-6-18(22)3/h4-14H,15H2,1-3H3,(H,26,28). The van der Waals surface area contributed by atoms with Crippen molar-refractivity contribution in [2.45, 2.75) is 20.8 Å². The van der Waals surface area contributed by atoms with Crippen LogP contribution < -0.4 is 10.1 Å². The number of para-hydroxylation sites is 1. The van der Waals surface area contributed by atoms with E-state index in [1.165, 1.54) is 5.56 Å². The van der Waals surface area contributed by atoms with Crippen molar-refractivity contribution in [3.63, 3.8) is 0 Å². The zero-order valence-electron chi connectivity index (χ0n) is 16.8. The first-order valence-electron chi connectivity index (χ1n) is 9.54. The lowest BCUT2D eigenvalue weighted by molar-refractivity contribution is -0.118. The van der Waals surface area contributed by atoms with Gasteiger partial charge in [-0.05, 0) is 61.7 Å². The van der Waals surface area contributed by atoms with Crippen LogP contribution in [0.3, 0.4) is 0 Å². The van der Waals surface area contributed by atoms with Gasteiger partial charge in [0.1, 0.15) is 11.4 Å². The normalized spacial score (nSPS) is 10.9. The van der Waals surface area contributed by atoms with Crippen molar-refractivity contribution in [2.24, 2.45) is 0 Å². The molecule has 5 heteroatoms. The molecule has 0 saturated heterocycles. The van der Waals surface area contributed by atoms with Crippen molar-refractivity contribution in [1.29, 1.82) is 0 Å². The fourth-order valence-electron chi connectivity index (χ4n) is 3.19. The van der Waals surface area contributed by atoms with Crippen LogP contribution in [0.1, 0.15) is 16.7 Å². The molecular weight excluding hydrogens is 362 g/mol. The molecule has 1 amide bonds. The van der Waals surface area contributed by atoms with Crippen LogP contribution in [0.5, 0.6) is 5.75 Å². The summed E-state index contributed by atoms with van der Waals surface area (Å²) in [5.74, 6) is 0.521. The first-order chi connectivity index (χ1) is 14.0. The van der Waals surface area contributed by atoms with Crippen molar-refractivity contribution in [3.8, 4) is 17.0 Å². The van der Waals surface area contributed by atoms with Crippen LogP contribution in [0.25, 0.3) is 16.9 Å². The van der Waals surface area contributed by atoms with Crippen molar-refractivity contribution < 1.29 is 9.53 Å². The highest BCUT2D eigenvalue weighted by molar-refractivity contribution is 5.93. The van der Waals surface area contributed by atoms with Gasteiger partial charge in [-0.3, -0.25) is 4.79 Å². The summed E-state index contributed by atoms with van der Waals surface area (Å²) in [4.78, 5) is 17.1. The van der Waals surface area contributed by atoms with E-state index in [2.05, 4.69) is 5.32 Å². The Bertz CT molecular complexity index is 1190. The van der Waals surface area contributed by atoms with Crippen LogP contribution >= 0.6 is 0 Å². The Morgan fingerprint density at radius 2 is 1.86 bits per heavy atom. The van der Waals surface area contributed by atoms with E-state index in [1.54, 1.807) is 0 Å². The number of anilines is 1. The number of pyridine rings is 1. The lowest BCUT2D eigenvalue weighted by Crippen LogP contribution is -2.20. The first-order valence-corrected chi connectivity index (χ1v) is 9.54. The molecular formula is C24H23N3O2. The average molecular weight is 385 g/mol. The van der Waals surface area contributed by atoms with Crippen molar-refractivity contribution in [3.05, 3.63) is 83.7 Å². The number of fused-ring (bicyclic) bond motifs is 1. The fraction of sp³-hybridized carbons (Fsp3) is 0.167. The maximum absolute atomic E-state index is 12.4. The van der Waals surface area contributed by atoms with E-state index in [4.69, 9.17) is 9.72 Å². The van der Waals surface area contributed by atoms with Gasteiger partial charge in [0.25, 0.3) is 5.91 Å². The van der Waals surface area contributed by atoms with Crippen molar-refractivity contribution in [1.82, 2.24) is 9.38 Å². The molecule has 2 heterocycles. The summed E-state index contributed by atoms with van der Waals surface area (Å²) in [6.07, 6.45) is 3.99. The number of nitrogens with one attached hydrogen (secondary N) is 1. The number of rotatable bonds is 5. The number of ether oxygens (including phenoxy) is 1. The number of aryl methyl sites for hydroxylation is 3.